The zero-order valence-corrected chi connectivity index (χ0v) is 12.5. The molecule has 0 radical (unpaired) electrons. The summed E-state index contributed by atoms with van der Waals surface area (Å²) < 4.78 is 23.3. The van der Waals surface area contributed by atoms with Crippen LogP contribution in [-0.2, 0) is 11.3 Å². The number of hydrogen-bond acceptors (Lipinski definition) is 4. The van der Waals surface area contributed by atoms with Gasteiger partial charge in [0, 0.05) is 5.56 Å². The summed E-state index contributed by atoms with van der Waals surface area (Å²) in [6.07, 6.45) is 0. The van der Waals surface area contributed by atoms with Crippen LogP contribution in [0.1, 0.15) is 21.7 Å². The number of benzene rings is 2. The lowest BCUT2D eigenvalue weighted by molar-refractivity contribution is 0.0471. The highest BCUT2D eigenvalue weighted by Crippen LogP contribution is 2.26. The highest BCUT2D eigenvalue weighted by Gasteiger charge is 2.22. The molecule has 4 nitrogen and oxygen atoms in total. The fourth-order valence-corrected chi connectivity index (χ4v) is 2.21. The lowest BCUT2D eigenvalue weighted by atomic mass is 10.1. The Bertz CT molecular complexity index is 810. The molecule has 0 aliphatic carbocycles. The van der Waals surface area contributed by atoms with Gasteiger partial charge < -0.3 is 9.26 Å². The molecule has 0 unspecified atom stereocenters. The first-order chi connectivity index (χ1) is 11.1. The van der Waals surface area contributed by atoms with E-state index in [9.17, 15) is 9.18 Å². The summed E-state index contributed by atoms with van der Waals surface area (Å²) in [5.74, 6) is -0.457. The normalized spacial score (nSPS) is 10.5. The van der Waals surface area contributed by atoms with Gasteiger partial charge in [0.1, 0.15) is 29.4 Å². The Morgan fingerprint density at radius 3 is 2.52 bits per heavy atom. The van der Waals surface area contributed by atoms with Crippen molar-refractivity contribution >= 4 is 5.97 Å². The first-order valence-electron chi connectivity index (χ1n) is 7.08. The molecular weight excluding hydrogens is 297 g/mol. The van der Waals surface area contributed by atoms with Gasteiger partial charge in [-0.2, -0.15) is 0 Å². The summed E-state index contributed by atoms with van der Waals surface area (Å²) in [4.78, 5) is 12.4. The van der Waals surface area contributed by atoms with Crippen LogP contribution in [-0.4, -0.2) is 11.1 Å². The number of aromatic nitrogens is 1. The Morgan fingerprint density at radius 2 is 1.83 bits per heavy atom. The third kappa shape index (κ3) is 3.29. The van der Waals surface area contributed by atoms with E-state index in [2.05, 4.69) is 5.16 Å². The molecule has 1 aromatic heterocycles. The SMILES string of the molecule is Cc1onc(-c2ccccc2)c1C(=O)OCc1ccc(F)cc1. The Morgan fingerprint density at radius 1 is 1.13 bits per heavy atom. The number of carbonyl (C=O) groups is 1. The molecule has 0 N–H and O–H groups in total. The van der Waals surface area contributed by atoms with Crippen molar-refractivity contribution in [2.75, 3.05) is 0 Å². The molecule has 0 aliphatic heterocycles. The van der Waals surface area contributed by atoms with Gasteiger partial charge in [-0.15, -0.1) is 0 Å². The number of aryl methyl sites for hydroxylation is 1. The molecule has 0 bridgehead atoms. The maximum absolute atomic E-state index is 12.9. The molecule has 0 saturated heterocycles. The van der Waals surface area contributed by atoms with E-state index >= 15 is 0 Å². The predicted molar refractivity (Wildman–Crippen MR) is 82.2 cm³/mol. The second kappa shape index (κ2) is 6.44. The van der Waals surface area contributed by atoms with Crippen LogP contribution in [0, 0.1) is 12.7 Å². The average molecular weight is 311 g/mol. The Balaban J connectivity index is 1.80. The van der Waals surface area contributed by atoms with E-state index in [1.54, 1.807) is 19.1 Å². The van der Waals surface area contributed by atoms with Gasteiger partial charge in [-0.3, -0.25) is 0 Å². The molecule has 0 spiro atoms. The van der Waals surface area contributed by atoms with Crippen molar-refractivity contribution < 1.29 is 18.4 Å². The Kier molecular flexibility index (Phi) is 4.19. The largest absolute Gasteiger partial charge is 0.457 e. The summed E-state index contributed by atoms with van der Waals surface area (Å²) >= 11 is 0. The predicted octanol–water partition coefficient (Wildman–Crippen LogP) is 4.15. The molecule has 0 saturated carbocycles. The van der Waals surface area contributed by atoms with Crippen LogP contribution in [0.5, 0.6) is 0 Å². The second-order valence-electron chi connectivity index (χ2n) is 5.03. The van der Waals surface area contributed by atoms with Crippen molar-refractivity contribution in [1.29, 1.82) is 0 Å². The molecule has 0 amide bonds. The maximum Gasteiger partial charge on any atom is 0.344 e. The lowest BCUT2D eigenvalue weighted by Gasteiger charge is -2.05. The van der Waals surface area contributed by atoms with Crippen LogP contribution in [0.4, 0.5) is 4.39 Å². The van der Waals surface area contributed by atoms with Crippen molar-refractivity contribution in [2.24, 2.45) is 0 Å². The van der Waals surface area contributed by atoms with Crippen molar-refractivity contribution in [2.45, 2.75) is 13.5 Å². The monoisotopic (exact) mass is 311 g/mol. The summed E-state index contributed by atoms with van der Waals surface area (Å²) in [6.45, 7) is 1.71. The van der Waals surface area contributed by atoms with Crippen LogP contribution in [0.2, 0.25) is 0 Å². The molecule has 0 atom stereocenters. The smallest absolute Gasteiger partial charge is 0.344 e. The van der Waals surface area contributed by atoms with Crippen LogP contribution in [0.3, 0.4) is 0 Å². The van der Waals surface area contributed by atoms with Crippen LogP contribution in [0.25, 0.3) is 11.3 Å². The minimum Gasteiger partial charge on any atom is -0.457 e. The van der Waals surface area contributed by atoms with E-state index in [1.165, 1.54) is 12.1 Å². The van der Waals surface area contributed by atoms with Gasteiger partial charge in [0.05, 0.1) is 0 Å². The van der Waals surface area contributed by atoms with E-state index < -0.39 is 5.97 Å². The van der Waals surface area contributed by atoms with Gasteiger partial charge in [0.2, 0.25) is 0 Å². The van der Waals surface area contributed by atoms with Gasteiger partial charge in [0.25, 0.3) is 0 Å². The van der Waals surface area contributed by atoms with Crippen molar-refractivity contribution in [3.63, 3.8) is 0 Å². The zero-order valence-electron chi connectivity index (χ0n) is 12.5. The van der Waals surface area contributed by atoms with Crippen LogP contribution in [0.15, 0.2) is 59.1 Å². The van der Waals surface area contributed by atoms with E-state index in [1.807, 2.05) is 30.3 Å². The molecule has 0 aliphatic rings. The van der Waals surface area contributed by atoms with Crippen molar-refractivity contribution in [1.82, 2.24) is 5.16 Å². The summed E-state index contributed by atoms with van der Waals surface area (Å²) in [5, 5.41) is 3.95. The van der Waals surface area contributed by atoms with Gasteiger partial charge >= 0.3 is 5.97 Å². The summed E-state index contributed by atoms with van der Waals surface area (Å²) in [6, 6.07) is 15.1. The first kappa shape index (κ1) is 15.0. The van der Waals surface area contributed by atoms with Crippen LogP contribution >= 0.6 is 0 Å². The fourth-order valence-electron chi connectivity index (χ4n) is 2.21. The number of ether oxygens (including phenoxy) is 1. The molecular formula is C18H14FNO3. The van der Waals surface area contributed by atoms with Crippen LogP contribution < -0.4 is 0 Å². The highest BCUT2D eigenvalue weighted by atomic mass is 19.1. The molecule has 3 rings (SSSR count). The Labute approximate surface area is 132 Å². The molecule has 3 aromatic rings. The molecule has 5 heteroatoms. The maximum atomic E-state index is 12.9. The number of carbonyl (C=O) groups excluding carboxylic acids is 1. The number of nitrogens with zero attached hydrogens (tertiary/aromatic N) is 1. The number of halogens is 1. The number of rotatable bonds is 4. The first-order valence-corrected chi connectivity index (χ1v) is 7.08. The van der Waals surface area contributed by atoms with Crippen molar-refractivity contribution in [3.05, 3.63) is 77.3 Å². The quantitative estimate of drug-likeness (QED) is 0.679. The van der Waals surface area contributed by atoms with Gasteiger partial charge in [-0.1, -0.05) is 47.6 Å². The molecule has 0 fully saturated rings. The van der Waals surface area contributed by atoms with Gasteiger partial charge in [0.15, 0.2) is 0 Å². The molecule has 2 aromatic carbocycles. The summed E-state index contributed by atoms with van der Waals surface area (Å²) in [5.41, 5.74) is 2.23. The van der Waals surface area contributed by atoms with Crippen molar-refractivity contribution in [3.8, 4) is 11.3 Å². The third-order valence-electron chi connectivity index (χ3n) is 3.40. The van der Waals surface area contributed by atoms with E-state index in [4.69, 9.17) is 9.26 Å². The fraction of sp³-hybridized carbons (Fsp3) is 0.111. The van der Waals surface area contributed by atoms with E-state index in [0.717, 1.165) is 5.56 Å². The third-order valence-corrected chi connectivity index (χ3v) is 3.40. The minimum atomic E-state index is -0.521. The lowest BCUT2D eigenvalue weighted by Crippen LogP contribution is -2.07. The average Bonchev–Trinajstić information content (AvgIpc) is 2.96. The minimum absolute atomic E-state index is 0.0535. The van der Waals surface area contributed by atoms with Gasteiger partial charge in [-0.25, -0.2) is 9.18 Å². The molecule has 116 valence electrons. The molecule has 1 heterocycles. The highest BCUT2D eigenvalue weighted by molar-refractivity contribution is 5.97. The number of esters is 1. The Hall–Kier alpha value is -2.95. The zero-order chi connectivity index (χ0) is 16.2. The standard InChI is InChI=1S/C18H14FNO3/c1-12-16(17(20-23-12)14-5-3-2-4-6-14)18(21)22-11-13-7-9-15(19)10-8-13/h2-10H,11H2,1H3. The van der Waals surface area contributed by atoms with E-state index in [-0.39, 0.29) is 12.4 Å². The van der Waals surface area contributed by atoms with E-state index in [0.29, 0.717) is 22.6 Å². The molecule has 23 heavy (non-hydrogen) atoms. The topological polar surface area (TPSA) is 52.3 Å². The number of hydrogen-bond donors (Lipinski definition) is 0. The second-order valence-corrected chi connectivity index (χ2v) is 5.03. The van der Waals surface area contributed by atoms with Gasteiger partial charge in [-0.05, 0) is 24.6 Å². The summed E-state index contributed by atoms with van der Waals surface area (Å²) in [7, 11) is 0.